The summed E-state index contributed by atoms with van der Waals surface area (Å²) in [6.45, 7) is 13.8. The van der Waals surface area contributed by atoms with Crippen molar-refractivity contribution in [1.82, 2.24) is 5.32 Å². The first-order chi connectivity index (χ1) is 13.5. The van der Waals surface area contributed by atoms with E-state index in [0.29, 0.717) is 18.9 Å². The number of benzene rings is 2. The van der Waals surface area contributed by atoms with Crippen LogP contribution in [0.5, 0.6) is 11.5 Å². The molecule has 2 rings (SSSR count). The van der Waals surface area contributed by atoms with Gasteiger partial charge >= 0.3 is 0 Å². The number of ether oxygens (including phenoxy) is 2. The molecule has 29 heavy (non-hydrogen) atoms. The Labute approximate surface area is 183 Å². The van der Waals surface area contributed by atoms with Gasteiger partial charge in [0.1, 0.15) is 18.1 Å². The predicted octanol–water partition coefficient (Wildman–Crippen LogP) is 5.62. The molecule has 0 aliphatic heterocycles. The number of hydrogen-bond acceptors (Lipinski definition) is 3. The standard InChI is InChI=1S/C24H32BrNO3/c1-23(2,3)17-7-10-19(11-8-17)28-14-13-26-22(27)16-29-21-12-9-18(15-20(21)25)24(4,5)6/h7-12,15H,13-14,16H2,1-6H3,(H,26,27). The summed E-state index contributed by atoms with van der Waals surface area (Å²) in [5.74, 6) is 1.28. The fourth-order valence-corrected chi connectivity index (χ4v) is 3.18. The van der Waals surface area contributed by atoms with Gasteiger partial charge in [0, 0.05) is 0 Å². The molecule has 2 aromatic carbocycles. The van der Waals surface area contributed by atoms with Crippen LogP contribution in [0, 0.1) is 0 Å². The number of rotatable bonds is 7. The molecule has 4 nitrogen and oxygen atoms in total. The molecule has 0 aliphatic carbocycles. The topological polar surface area (TPSA) is 47.6 Å². The lowest BCUT2D eigenvalue weighted by molar-refractivity contribution is -0.123. The van der Waals surface area contributed by atoms with Gasteiger partial charge in [-0.15, -0.1) is 0 Å². The first-order valence-electron chi connectivity index (χ1n) is 9.90. The molecule has 5 heteroatoms. The van der Waals surface area contributed by atoms with Gasteiger partial charge in [-0.2, -0.15) is 0 Å². The maximum absolute atomic E-state index is 12.0. The molecular formula is C24H32BrNO3. The quantitative estimate of drug-likeness (QED) is 0.544. The van der Waals surface area contributed by atoms with Gasteiger partial charge in [-0.05, 0) is 62.2 Å². The van der Waals surface area contributed by atoms with Crippen LogP contribution in [0.3, 0.4) is 0 Å². The Hall–Kier alpha value is -2.01. The average Bonchev–Trinajstić information content (AvgIpc) is 2.63. The van der Waals surface area contributed by atoms with E-state index in [0.717, 1.165) is 10.2 Å². The fourth-order valence-electron chi connectivity index (χ4n) is 2.69. The Bertz CT molecular complexity index is 817. The summed E-state index contributed by atoms with van der Waals surface area (Å²) in [5.41, 5.74) is 2.64. The maximum Gasteiger partial charge on any atom is 0.258 e. The molecule has 0 radical (unpaired) electrons. The van der Waals surface area contributed by atoms with Crippen molar-refractivity contribution in [3.8, 4) is 11.5 Å². The van der Waals surface area contributed by atoms with Gasteiger partial charge in [-0.25, -0.2) is 0 Å². The molecule has 0 unspecified atom stereocenters. The minimum absolute atomic E-state index is 0.0340. The molecule has 158 valence electrons. The molecule has 0 heterocycles. The van der Waals surface area contributed by atoms with Crippen molar-refractivity contribution >= 4 is 21.8 Å². The summed E-state index contributed by atoms with van der Waals surface area (Å²) in [6, 6.07) is 14.0. The molecule has 0 saturated carbocycles. The SMILES string of the molecule is CC(C)(C)c1ccc(OCCNC(=O)COc2ccc(C(C)(C)C)cc2Br)cc1. The van der Waals surface area contributed by atoms with Crippen LogP contribution in [0.1, 0.15) is 52.7 Å². The third-order valence-corrected chi connectivity index (χ3v) is 5.19. The molecule has 2 aromatic rings. The summed E-state index contributed by atoms with van der Waals surface area (Å²) in [6.07, 6.45) is 0. The van der Waals surface area contributed by atoms with Gasteiger partial charge in [0.2, 0.25) is 0 Å². The second kappa shape index (κ2) is 9.66. The monoisotopic (exact) mass is 461 g/mol. The molecule has 0 atom stereocenters. The van der Waals surface area contributed by atoms with Gasteiger partial charge in [0.15, 0.2) is 6.61 Å². The van der Waals surface area contributed by atoms with E-state index in [1.54, 1.807) is 0 Å². The van der Waals surface area contributed by atoms with Crippen molar-refractivity contribution in [3.63, 3.8) is 0 Å². The zero-order chi connectivity index (χ0) is 21.7. The molecule has 1 N–H and O–H groups in total. The average molecular weight is 462 g/mol. The van der Waals surface area contributed by atoms with E-state index in [9.17, 15) is 4.79 Å². The zero-order valence-corrected chi connectivity index (χ0v) is 19.9. The van der Waals surface area contributed by atoms with Crippen LogP contribution in [0.15, 0.2) is 46.9 Å². The van der Waals surface area contributed by atoms with E-state index in [1.165, 1.54) is 11.1 Å². The number of amides is 1. The van der Waals surface area contributed by atoms with Crippen molar-refractivity contribution in [2.24, 2.45) is 0 Å². The van der Waals surface area contributed by atoms with E-state index in [4.69, 9.17) is 9.47 Å². The third kappa shape index (κ3) is 7.39. The van der Waals surface area contributed by atoms with E-state index >= 15 is 0 Å². The summed E-state index contributed by atoms with van der Waals surface area (Å²) >= 11 is 3.52. The van der Waals surface area contributed by atoms with E-state index in [1.807, 2.05) is 30.3 Å². The number of nitrogens with one attached hydrogen (secondary N) is 1. The maximum atomic E-state index is 12.0. The minimum atomic E-state index is -0.177. The fraction of sp³-hybridized carbons (Fsp3) is 0.458. The second-order valence-electron chi connectivity index (χ2n) is 9.16. The van der Waals surface area contributed by atoms with Crippen LogP contribution >= 0.6 is 15.9 Å². The molecule has 0 bridgehead atoms. The molecule has 0 spiro atoms. The van der Waals surface area contributed by atoms with Crippen LogP contribution < -0.4 is 14.8 Å². The lowest BCUT2D eigenvalue weighted by atomic mass is 9.87. The van der Waals surface area contributed by atoms with Gasteiger partial charge in [0.25, 0.3) is 5.91 Å². The second-order valence-corrected chi connectivity index (χ2v) is 10.0. The first kappa shape index (κ1) is 23.3. The van der Waals surface area contributed by atoms with Crippen LogP contribution in [-0.2, 0) is 15.6 Å². The van der Waals surface area contributed by atoms with E-state index in [-0.39, 0.29) is 23.3 Å². The number of hydrogen-bond donors (Lipinski definition) is 1. The number of carbonyl (C=O) groups excluding carboxylic acids is 1. The Morgan fingerprint density at radius 3 is 2.03 bits per heavy atom. The Balaban J connectivity index is 1.72. The van der Waals surface area contributed by atoms with Gasteiger partial charge in [0.05, 0.1) is 11.0 Å². The number of carbonyl (C=O) groups is 1. The van der Waals surface area contributed by atoms with E-state index in [2.05, 4.69) is 74.9 Å². The van der Waals surface area contributed by atoms with Crippen molar-refractivity contribution in [3.05, 3.63) is 58.1 Å². The molecule has 1 amide bonds. The molecular weight excluding hydrogens is 430 g/mol. The summed E-state index contributed by atoms with van der Waals surface area (Å²) in [4.78, 5) is 12.0. The van der Waals surface area contributed by atoms with Crippen molar-refractivity contribution in [2.75, 3.05) is 19.8 Å². The summed E-state index contributed by atoms with van der Waals surface area (Å²) < 4.78 is 12.2. The molecule has 0 aliphatic rings. The van der Waals surface area contributed by atoms with Crippen molar-refractivity contribution in [1.29, 1.82) is 0 Å². The highest BCUT2D eigenvalue weighted by molar-refractivity contribution is 9.10. The highest BCUT2D eigenvalue weighted by atomic mass is 79.9. The molecule has 0 aromatic heterocycles. The Kier molecular flexibility index (Phi) is 7.75. The van der Waals surface area contributed by atoms with Crippen LogP contribution in [0.2, 0.25) is 0 Å². The van der Waals surface area contributed by atoms with E-state index < -0.39 is 0 Å². The lowest BCUT2D eigenvalue weighted by Crippen LogP contribution is -2.32. The number of halogens is 1. The normalized spacial score (nSPS) is 11.8. The Morgan fingerprint density at radius 1 is 0.897 bits per heavy atom. The summed E-state index contributed by atoms with van der Waals surface area (Å²) in [5, 5.41) is 2.81. The lowest BCUT2D eigenvalue weighted by Gasteiger charge is -2.20. The highest BCUT2D eigenvalue weighted by Gasteiger charge is 2.16. The van der Waals surface area contributed by atoms with Gasteiger partial charge < -0.3 is 14.8 Å². The third-order valence-electron chi connectivity index (χ3n) is 4.57. The minimum Gasteiger partial charge on any atom is -0.492 e. The highest BCUT2D eigenvalue weighted by Crippen LogP contribution is 2.31. The van der Waals surface area contributed by atoms with Crippen LogP contribution in [0.4, 0.5) is 0 Å². The first-order valence-corrected chi connectivity index (χ1v) is 10.7. The largest absolute Gasteiger partial charge is 0.492 e. The predicted molar refractivity (Wildman–Crippen MR) is 122 cm³/mol. The van der Waals surface area contributed by atoms with Crippen LogP contribution in [-0.4, -0.2) is 25.7 Å². The van der Waals surface area contributed by atoms with Crippen LogP contribution in [0.25, 0.3) is 0 Å². The van der Waals surface area contributed by atoms with Gasteiger partial charge in [-0.1, -0.05) is 59.7 Å². The smallest absolute Gasteiger partial charge is 0.258 e. The van der Waals surface area contributed by atoms with Crippen molar-refractivity contribution in [2.45, 2.75) is 52.4 Å². The summed E-state index contributed by atoms with van der Waals surface area (Å²) in [7, 11) is 0. The zero-order valence-electron chi connectivity index (χ0n) is 18.3. The van der Waals surface area contributed by atoms with Gasteiger partial charge in [-0.3, -0.25) is 4.79 Å². The molecule has 0 fully saturated rings. The van der Waals surface area contributed by atoms with Crippen molar-refractivity contribution < 1.29 is 14.3 Å². The Morgan fingerprint density at radius 2 is 1.48 bits per heavy atom. The molecule has 0 saturated heterocycles.